The standard InChI is InChI=1S/2C16H13I.C12H11I/c1-11(17)12-6-7-15-9-13-4-2-3-5-14(13)10-16(15)8-12;1-11(17)13-8-9-16-14(10-13)7-6-12-4-2-3-5-15(12)16;1-9(13)11-7-6-10-4-2-3-5-12(10)8-11/h2*2-11H,1H3;2-9H,1H3. The maximum atomic E-state index is 2.46. The molecule has 0 amide bonds. The van der Waals surface area contributed by atoms with Crippen LogP contribution in [0.3, 0.4) is 0 Å². The molecule has 0 saturated carbocycles. The topological polar surface area (TPSA) is 0 Å². The predicted octanol–water partition coefficient (Wildman–Crippen LogP) is 15.3. The second kappa shape index (κ2) is 15.6. The van der Waals surface area contributed by atoms with Gasteiger partial charge in [0.2, 0.25) is 0 Å². The SMILES string of the molecule is CC(I)c1ccc2c(ccc3ccccc32)c1.CC(I)c1ccc2cc3ccccc3cc2c1.CC(I)c1ccc2ccccc2c1. The minimum atomic E-state index is 0.559. The highest BCUT2D eigenvalue weighted by Gasteiger charge is 2.05. The monoisotopic (exact) mass is 946 g/mol. The molecule has 234 valence electrons. The van der Waals surface area contributed by atoms with Gasteiger partial charge in [0.05, 0.1) is 0 Å². The van der Waals surface area contributed by atoms with E-state index in [2.05, 4.69) is 240 Å². The fourth-order valence-electron chi connectivity index (χ4n) is 5.94. The number of benzene rings is 8. The molecule has 0 aliphatic heterocycles. The first-order valence-electron chi connectivity index (χ1n) is 16.0. The summed E-state index contributed by atoms with van der Waals surface area (Å²) < 4.78 is 1.70. The number of hydrogen-bond donors (Lipinski definition) is 0. The van der Waals surface area contributed by atoms with E-state index in [-0.39, 0.29) is 0 Å². The molecule has 0 saturated heterocycles. The fraction of sp³-hybridized carbons (Fsp3) is 0.136. The highest BCUT2D eigenvalue weighted by atomic mass is 127. The Morgan fingerprint density at radius 3 is 1.23 bits per heavy atom. The average molecular weight is 946 g/mol. The first kappa shape index (κ1) is 34.1. The minimum Gasteiger partial charge on any atom is -0.0777 e. The summed E-state index contributed by atoms with van der Waals surface area (Å²) in [6.07, 6.45) is 0. The van der Waals surface area contributed by atoms with Gasteiger partial charge in [0.15, 0.2) is 0 Å². The van der Waals surface area contributed by atoms with Crippen LogP contribution in [0, 0.1) is 0 Å². The number of alkyl halides is 3. The minimum absolute atomic E-state index is 0.559. The summed E-state index contributed by atoms with van der Waals surface area (Å²) in [6.45, 7) is 6.66. The summed E-state index contributed by atoms with van der Waals surface area (Å²) in [5.41, 5.74) is 4.20. The molecular weight excluding hydrogens is 909 g/mol. The van der Waals surface area contributed by atoms with Crippen LogP contribution in [0.5, 0.6) is 0 Å². The van der Waals surface area contributed by atoms with Crippen molar-refractivity contribution in [1.82, 2.24) is 0 Å². The van der Waals surface area contributed by atoms with E-state index in [4.69, 9.17) is 0 Å². The molecule has 8 rings (SSSR count). The molecule has 0 nitrogen and oxygen atoms in total. The molecule has 3 atom stereocenters. The smallest absolute Gasteiger partial charge is 0.0331 e. The third kappa shape index (κ3) is 8.28. The Kier molecular flexibility index (Phi) is 11.4. The fourth-order valence-corrected chi connectivity index (χ4v) is 7.10. The Morgan fingerprint density at radius 2 is 0.638 bits per heavy atom. The van der Waals surface area contributed by atoms with Gasteiger partial charge in [-0.05, 0) is 103 Å². The van der Waals surface area contributed by atoms with Crippen LogP contribution in [0.2, 0.25) is 0 Å². The van der Waals surface area contributed by atoms with Gasteiger partial charge in [-0.25, -0.2) is 0 Å². The van der Waals surface area contributed by atoms with Gasteiger partial charge in [-0.2, -0.15) is 0 Å². The molecule has 3 unspecified atom stereocenters. The zero-order valence-electron chi connectivity index (χ0n) is 26.8. The van der Waals surface area contributed by atoms with E-state index in [0.717, 1.165) is 0 Å². The molecule has 0 aliphatic carbocycles. The Labute approximate surface area is 319 Å². The van der Waals surface area contributed by atoms with Crippen LogP contribution >= 0.6 is 67.8 Å². The third-order valence-electron chi connectivity index (χ3n) is 8.65. The van der Waals surface area contributed by atoms with Crippen LogP contribution in [-0.4, -0.2) is 0 Å². The summed E-state index contributed by atoms with van der Waals surface area (Å²) >= 11 is 7.36. The molecule has 0 N–H and O–H groups in total. The Morgan fingerprint density at radius 1 is 0.298 bits per heavy atom. The van der Waals surface area contributed by atoms with E-state index in [0.29, 0.717) is 11.8 Å². The number of halogens is 3. The summed E-state index contributed by atoms with van der Waals surface area (Å²) in [4.78, 5) is 0. The molecule has 0 spiro atoms. The van der Waals surface area contributed by atoms with Gasteiger partial charge in [0, 0.05) is 11.8 Å². The van der Waals surface area contributed by atoms with E-state index in [9.17, 15) is 0 Å². The zero-order valence-corrected chi connectivity index (χ0v) is 33.3. The van der Waals surface area contributed by atoms with Gasteiger partial charge in [-0.15, -0.1) is 0 Å². The maximum absolute atomic E-state index is 2.46. The van der Waals surface area contributed by atoms with Gasteiger partial charge in [0.25, 0.3) is 0 Å². The normalized spacial score (nSPS) is 13.1. The highest BCUT2D eigenvalue weighted by molar-refractivity contribution is 14.1. The van der Waals surface area contributed by atoms with Crippen molar-refractivity contribution < 1.29 is 0 Å². The van der Waals surface area contributed by atoms with Crippen molar-refractivity contribution in [3.8, 4) is 0 Å². The predicted molar refractivity (Wildman–Crippen MR) is 234 cm³/mol. The third-order valence-corrected chi connectivity index (χ3v) is 10.8. The van der Waals surface area contributed by atoms with Crippen LogP contribution in [0.4, 0.5) is 0 Å². The molecule has 3 heteroatoms. The molecule has 0 aliphatic rings. The molecule has 0 fully saturated rings. The number of fused-ring (bicyclic) bond motifs is 6. The molecule has 0 bridgehead atoms. The van der Waals surface area contributed by atoms with Crippen molar-refractivity contribution in [3.63, 3.8) is 0 Å². The Bertz CT molecular complexity index is 2280. The average Bonchev–Trinajstić information content (AvgIpc) is 3.10. The van der Waals surface area contributed by atoms with E-state index < -0.39 is 0 Å². The maximum Gasteiger partial charge on any atom is 0.0331 e. The lowest BCUT2D eigenvalue weighted by Gasteiger charge is -2.08. The molecule has 0 radical (unpaired) electrons. The van der Waals surface area contributed by atoms with E-state index in [1.54, 1.807) is 0 Å². The van der Waals surface area contributed by atoms with E-state index in [1.165, 1.54) is 70.6 Å². The lowest BCUT2D eigenvalue weighted by Crippen LogP contribution is -1.84. The van der Waals surface area contributed by atoms with Crippen molar-refractivity contribution in [2.75, 3.05) is 0 Å². The number of rotatable bonds is 3. The van der Waals surface area contributed by atoms with E-state index in [1.807, 2.05) is 0 Å². The molecular formula is C44H37I3. The van der Waals surface area contributed by atoms with Gasteiger partial charge >= 0.3 is 0 Å². The van der Waals surface area contributed by atoms with Crippen molar-refractivity contribution in [1.29, 1.82) is 0 Å². The van der Waals surface area contributed by atoms with Crippen molar-refractivity contribution in [2.45, 2.75) is 32.5 Å². The highest BCUT2D eigenvalue weighted by Crippen LogP contribution is 2.31. The second-order valence-electron chi connectivity index (χ2n) is 12.0. The zero-order chi connectivity index (χ0) is 32.9. The van der Waals surface area contributed by atoms with Crippen LogP contribution < -0.4 is 0 Å². The summed E-state index contributed by atoms with van der Waals surface area (Å²) in [7, 11) is 0. The van der Waals surface area contributed by atoms with Crippen molar-refractivity contribution in [2.24, 2.45) is 0 Å². The first-order chi connectivity index (χ1) is 22.8. The Hall–Kier alpha value is -2.75. The molecule has 8 aromatic rings. The second-order valence-corrected chi connectivity index (χ2v) is 17.6. The van der Waals surface area contributed by atoms with Crippen LogP contribution in [0.15, 0.2) is 152 Å². The lowest BCUT2D eigenvalue weighted by atomic mass is 10.00. The molecule has 8 aromatic carbocycles. The largest absolute Gasteiger partial charge is 0.0777 e. The van der Waals surface area contributed by atoms with Gasteiger partial charge in [-0.1, -0.05) is 207 Å². The van der Waals surface area contributed by atoms with Crippen molar-refractivity contribution >= 4 is 122 Å². The van der Waals surface area contributed by atoms with Gasteiger partial charge in [0.1, 0.15) is 0 Å². The summed E-state index contributed by atoms with van der Waals surface area (Å²) in [6, 6.07) is 54.8. The quantitative estimate of drug-likeness (QED) is 0.0717. The van der Waals surface area contributed by atoms with Gasteiger partial charge in [-0.3, -0.25) is 0 Å². The van der Waals surface area contributed by atoms with E-state index >= 15 is 0 Å². The first-order valence-corrected chi connectivity index (χ1v) is 19.8. The number of hydrogen-bond acceptors (Lipinski definition) is 0. The summed E-state index contributed by atoms with van der Waals surface area (Å²) in [5.74, 6) is 0. The summed E-state index contributed by atoms with van der Waals surface area (Å²) in [5, 5.41) is 13.3. The molecule has 0 aromatic heterocycles. The molecule has 0 heterocycles. The molecule has 47 heavy (non-hydrogen) atoms. The van der Waals surface area contributed by atoms with Gasteiger partial charge < -0.3 is 0 Å². The van der Waals surface area contributed by atoms with Crippen molar-refractivity contribution in [3.05, 3.63) is 168 Å². The Balaban J connectivity index is 0.000000125. The van der Waals surface area contributed by atoms with Crippen LogP contribution in [-0.2, 0) is 0 Å². The van der Waals surface area contributed by atoms with Crippen LogP contribution in [0.25, 0.3) is 53.9 Å². The lowest BCUT2D eigenvalue weighted by molar-refractivity contribution is 1.15. The van der Waals surface area contributed by atoms with Crippen LogP contribution in [0.1, 0.15) is 49.2 Å².